The Hall–Kier alpha value is -2.08. The largest absolute Gasteiger partial charge is 0.507 e. The maximum Gasteiger partial charge on any atom is 0.331 e. The van der Waals surface area contributed by atoms with Gasteiger partial charge in [0.15, 0.2) is 6.04 Å². The van der Waals surface area contributed by atoms with E-state index in [1.54, 1.807) is 13.8 Å². The van der Waals surface area contributed by atoms with E-state index in [9.17, 15) is 19.8 Å². The van der Waals surface area contributed by atoms with Crippen molar-refractivity contribution in [1.29, 1.82) is 0 Å². The van der Waals surface area contributed by atoms with Gasteiger partial charge in [-0.2, -0.15) is 0 Å². The van der Waals surface area contributed by atoms with Crippen molar-refractivity contribution >= 4 is 11.9 Å². The molecule has 1 amide bonds. The average molecular weight is 281 g/mol. The van der Waals surface area contributed by atoms with Gasteiger partial charge in [0.05, 0.1) is 13.2 Å². The summed E-state index contributed by atoms with van der Waals surface area (Å²) in [6, 6.07) is 1.88. The van der Waals surface area contributed by atoms with Crippen LogP contribution in [0.25, 0.3) is 0 Å². The highest BCUT2D eigenvalue weighted by molar-refractivity contribution is 5.97. The third kappa shape index (κ3) is 3.48. The number of ether oxygens (including phenoxy) is 1. The number of nitrogens with one attached hydrogen (secondary N) is 1. The molecule has 110 valence electrons. The van der Waals surface area contributed by atoms with Crippen LogP contribution in [0.1, 0.15) is 28.4 Å². The minimum Gasteiger partial charge on any atom is -0.507 e. The monoisotopic (exact) mass is 281 g/mol. The van der Waals surface area contributed by atoms with Gasteiger partial charge in [0.2, 0.25) is 0 Å². The highest BCUT2D eigenvalue weighted by atomic mass is 16.5. The van der Waals surface area contributed by atoms with Crippen molar-refractivity contribution in [2.24, 2.45) is 0 Å². The molecule has 1 aromatic carbocycles. The van der Waals surface area contributed by atoms with Gasteiger partial charge in [-0.15, -0.1) is 0 Å². The van der Waals surface area contributed by atoms with Crippen LogP contribution in [0.15, 0.2) is 12.1 Å². The molecule has 0 aliphatic heterocycles. The number of phenols is 1. The molecule has 0 fully saturated rings. The maximum atomic E-state index is 12.1. The van der Waals surface area contributed by atoms with Gasteiger partial charge in [-0.3, -0.25) is 4.79 Å². The number of phenolic OH excluding ortho intramolecular Hbond substituents is 1. The lowest BCUT2D eigenvalue weighted by molar-refractivity contribution is -0.145. The van der Waals surface area contributed by atoms with Gasteiger partial charge in [-0.25, -0.2) is 4.79 Å². The second-order valence-corrected chi connectivity index (χ2v) is 4.67. The van der Waals surface area contributed by atoms with Crippen LogP contribution in [0.4, 0.5) is 0 Å². The van der Waals surface area contributed by atoms with E-state index in [1.807, 2.05) is 0 Å². The number of benzene rings is 1. The van der Waals surface area contributed by atoms with Gasteiger partial charge in [-0.1, -0.05) is 0 Å². The average Bonchev–Trinajstić information content (AvgIpc) is 2.39. The van der Waals surface area contributed by atoms with Crippen molar-refractivity contribution in [2.75, 3.05) is 7.11 Å². The number of aromatic hydroxyl groups is 1. The van der Waals surface area contributed by atoms with Crippen LogP contribution in [0.3, 0.4) is 0 Å². The number of hydrogen-bond acceptors (Lipinski definition) is 5. The molecule has 0 saturated heterocycles. The molecule has 2 unspecified atom stereocenters. The lowest BCUT2D eigenvalue weighted by Crippen LogP contribution is -2.48. The summed E-state index contributed by atoms with van der Waals surface area (Å²) in [6.45, 7) is 4.73. The number of amides is 1. The molecule has 1 rings (SSSR count). The second-order valence-electron chi connectivity index (χ2n) is 4.67. The standard InChI is InChI=1S/C14H19NO5/c1-7-5-10(6-8(2)12(7)17)13(18)15-11(9(3)16)14(19)20-4/h5-6,9,11,16-17H,1-4H3,(H,15,18). The van der Waals surface area contributed by atoms with Crippen LogP contribution in [0, 0.1) is 13.8 Å². The van der Waals surface area contributed by atoms with E-state index in [0.717, 1.165) is 0 Å². The molecule has 0 heterocycles. The second kappa shape index (κ2) is 6.38. The zero-order valence-corrected chi connectivity index (χ0v) is 11.9. The molecule has 20 heavy (non-hydrogen) atoms. The van der Waals surface area contributed by atoms with E-state index in [1.165, 1.54) is 26.2 Å². The van der Waals surface area contributed by atoms with E-state index in [4.69, 9.17) is 0 Å². The number of aliphatic hydroxyl groups is 1. The third-order valence-electron chi connectivity index (χ3n) is 2.98. The highest BCUT2D eigenvalue weighted by Gasteiger charge is 2.27. The fourth-order valence-corrected chi connectivity index (χ4v) is 1.81. The number of carbonyl (C=O) groups is 2. The summed E-state index contributed by atoms with van der Waals surface area (Å²) >= 11 is 0. The first-order valence-corrected chi connectivity index (χ1v) is 6.15. The normalized spacial score (nSPS) is 13.4. The van der Waals surface area contributed by atoms with Gasteiger partial charge >= 0.3 is 5.97 Å². The summed E-state index contributed by atoms with van der Waals surface area (Å²) < 4.78 is 4.52. The van der Waals surface area contributed by atoms with Gasteiger partial charge in [0.1, 0.15) is 5.75 Å². The smallest absolute Gasteiger partial charge is 0.331 e. The fraction of sp³-hybridized carbons (Fsp3) is 0.429. The molecule has 1 aromatic rings. The minimum absolute atomic E-state index is 0.126. The maximum absolute atomic E-state index is 12.1. The zero-order valence-electron chi connectivity index (χ0n) is 11.9. The highest BCUT2D eigenvalue weighted by Crippen LogP contribution is 2.22. The first-order chi connectivity index (χ1) is 9.27. The molecule has 6 heteroatoms. The van der Waals surface area contributed by atoms with Crippen molar-refractivity contribution in [3.05, 3.63) is 28.8 Å². The number of esters is 1. The van der Waals surface area contributed by atoms with E-state index >= 15 is 0 Å². The fourth-order valence-electron chi connectivity index (χ4n) is 1.81. The van der Waals surface area contributed by atoms with Crippen LogP contribution in [-0.2, 0) is 9.53 Å². The van der Waals surface area contributed by atoms with E-state index in [0.29, 0.717) is 16.7 Å². The first kappa shape index (κ1) is 16.0. The Kier molecular flexibility index (Phi) is 5.10. The van der Waals surface area contributed by atoms with Crippen LogP contribution < -0.4 is 5.32 Å². The Bertz CT molecular complexity index is 501. The number of aryl methyl sites for hydroxylation is 2. The molecule has 0 radical (unpaired) electrons. The van der Waals surface area contributed by atoms with Crippen LogP contribution >= 0.6 is 0 Å². The Morgan fingerprint density at radius 1 is 1.25 bits per heavy atom. The molecule has 0 spiro atoms. The molecule has 0 saturated carbocycles. The van der Waals surface area contributed by atoms with Crippen molar-refractivity contribution in [3.8, 4) is 5.75 Å². The van der Waals surface area contributed by atoms with Crippen LogP contribution in [0.2, 0.25) is 0 Å². The zero-order chi connectivity index (χ0) is 15.4. The van der Waals surface area contributed by atoms with E-state index in [2.05, 4.69) is 10.1 Å². The van der Waals surface area contributed by atoms with E-state index in [-0.39, 0.29) is 5.75 Å². The molecule has 0 aliphatic rings. The van der Waals surface area contributed by atoms with Crippen LogP contribution in [-0.4, -0.2) is 41.3 Å². The number of rotatable bonds is 4. The molecule has 2 atom stereocenters. The quantitative estimate of drug-likeness (QED) is 0.705. The summed E-state index contributed by atoms with van der Waals surface area (Å²) in [5, 5.41) is 21.6. The molecular weight excluding hydrogens is 262 g/mol. The summed E-state index contributed by atoms with van der Waals surface area (Å²) in [4.78, 5) is 23.6. The van der Waals surface area contributed by atoms with Crippen LogP contribution in [0.5, 0.6) is 5.75 Å². The third-order valence-corrected chi connectivity index (χ3v) is 2.98. The topological polar surface area (TPSA) is 95.9 Å². The van der Waals surface area contributed by atoms with Gasteiger partial charge in [-0.05, 0) is 44.0 Å². The molecule has 0 bridgehead atoms. The lowest BCUT2D eigenvalue weighted by atomic mass is 10.0. The Labute approximate surface area is 117 Å². The van der Waals surface area contributed by atoms with Gasteiger partial charge in [0, 0.05) is 5.56 Å². The molecule has 6 nitrogen and oxygen atoms in total. The van der Waals surface area contributed by atoms with Crippen molar-refractivity contribution in [1.82, 2.24) is 5.32 Å². The van der Waals surface area contributed by atoms with Crippen molar-refractivity contribution < 1.29 is 24.5 Å². The molecule has 0 aromatic heterocycles. The predicted octanol–water partition coefficient (Wildman–Crippen LogP) is 0.661. The summed E-state index contributed by atoms with van der Waals surface area (Å²) in [5.74, 6) is -1.12. The Morgan fingerprint density at radius 3 is 2.15 bits per heavy atom. The predicted molar refractivity (Wildman–Crippen MR) is 72.5 cm³/mol. The first-order valence-electron chi connectivity index (χ1n) is 6.15. The van der Waals surface area contributed by atoms with Gasteiger partial charge in [0.25, 0.3) is 5.91 Å². The Balaban J connectivity index is 2.98. The lowest BCUT2D eigenvalue weighted by Gasteiger charge is -2.19. The summed E-state index contributed by atoms with van der Waals surface area (Å²) in [5.41, 5.74) is 1.41. The molecular formula is C14H19NO5. The SMILES string of the molecule is COC(=O)C(NC(=O)c1cc(C)c(O)c(C)c1)C(C)O. The van der Waals surface area contributed by atoms with Crippen molar-refractivity contribution in [3.63, 3.8) is 0 Å². The summed E-state index contributed by atoms with van der Waals surface area (Å²) in [6.07, 6.45) is -1.08. The Morgan fingerprint density at radius 2 is 1.75 bits per heavy atom. The number of aliphatic hydroxyl groups excluding tert-OH is 1. The number of hydrogen-bond donors (Lipinski definition) is 3. The molecule has 3 N–H and O–H groups in total. The summed E-state index contributed by atoms with van der Waals surface area (Å²) in [7, 11) is 1.18. The van der Waals surface area contributed by atoms with E-state index < -0.39 is 24.0 Å². The minimum atomic E-state index is -1.14. The van der Waals surface area contributed by atoms with Gasteiger partial charge < -0.3 is 20.3 Å². The van der Waals surface area contributed by atoms with Crippen molar-refractivity contribution in [2.45, 2.75) is 32.9 Å². The number of methoxy groups -OCH3 is 1. The number of carbonyl (C=O) groups excluding carboxylic acids is 2. The molecule has 0 aliphatic carbocycles.